The summed E-state index contributed by atoms with van der Waals surface area (Å²) in [7, 11) is 1.44. The number of hydrogen-bond acceptors (Lipinski definition) is 7. The van der Waals surface area contributed by atoms with Crippen LogP contribution in [-0.4, -0.2) is 36.9 Å². The lowest BCUT2D eigenvalue weighted by Crippen LogP contribution is -2.60. The zero-order valence-corrected chi connectivity index (χ0v) is 17.9. The maximum atomic E-state index is 12.5. The molecule has 2 aromatic carbocycles. The van der Waals surface area contributed by atoms with Gasteiger partial charge in [0.25, 0.3) is 5.69 Å². The lowest BCUT2D eigenvalue weighted by Gasteiger charge is -2.46. The molecule has 0 fully saturated rings. The second-order valence-corrected chi connectivity index (χ2v) is 7.99. The van der Waals surface area contributed by atoms with Crippen LogP contribution in [0.3, 0.4) is 0 Å². The average Bonchev–Trinajstić information content (AvgIpc) is 2.92. The molecule has 0 saturated heterocycles. The van der Waals surface area contributed by atoms with Crippen molar-refractivity contribution in [2.45, 2.75) is 31.9 Å². The second kappa shape index (κ2) is 7.30. The number of non-ortho nitro benzene ring substituents is 1. The summed E-state index contributed by atoms with van der Waals surface area (Å²) in [5, 5.41) is 11.3. The normalized spacial score (nSPS) is 20.1. The van der Waals surface area contributed by atoms with Crippen molar-refractivity contribution in [1.82, 2.24) is 0 Å². The molecule has 4 rings (SSSR count). The summed E-state index contributed by atoms with van der Waals surface area (Å²) < 4.78 is 17.3. The summed E-state index contributed by atoms with van der Waals surface area (Å²) in [4.78, 5) is 25.2. The first-order valence-electron chi connectivity index (χ1n) is 10.0. The Bertz CT molecular complexity index is 1090. The smallest absolute Gasteiger partial charge is 0.325 e. The van der Waals surface area contributed by atoms with E-state index in [0.29, 0.717) is 11.3 Å². The number of rotatable bonds is 5. The monoisotopic (exact) mass is 424 g/mol. The summed E-state index contributed by atoms with van der Waals surface area (Å²) in [6, 6.07) is 10.6. The third kappa shape index (κ3) is 3.01. The van der Waals surface area contributed by atoms with Gasteiger partial charge in [-0.1, -0.05) is 18.2 Å². The van der Waals surface area contributed by atoms with Gasteiger partial charge in [0.1, 0.15) is 6.54 Å². The molecule has 0 unspecified atom stereocenters. The van der Waals surface area contributed by atoms with E-state index in [1.165, 1.54) is 19.2 Å². The Balaban J connectivity index is 1.88. The van der Waals surface area contributed by atoms with Crippen molar-refractivity contribution in [3.05, 3.63) is 63.7 Å². The van der Waals surface area contributed by atoms with E-state index in [4.69, 9.17) is 14.2 Å². The van der Waals surface area contributed by atoms with Crippen LogP contribution in [0.2, 0.25) is 0 Å². The number of hydrogen-bond donors (Lipinski definition) is 0. The molecule has 0 aliphatic carbocycles. The van der Waals surface area contributed by atoms with Gasteiger partial charge in [-0.05, 0) is 44.6 Å². The molecule has 0 bridgehead atoms. The lowest BCUT2D eigenvalue weighted by atomic mass is 9.76. The van der Waals surface area contributed by atoms with E-state index in [1.54, 1.807) is 13.0 Å². The fourth-order valence-electron chi connectivity index (χ4n) is 4.46. The van der Waals surface area contributed by atoms with Crippen molar-refractivity contribution in [2.75, 3.05) is 25.2 Å². The number of benzene rings is 2. The average molecular weight is 424 g/mol. The molecule has 0 saturated carbocycles. The maximum absolute atomic E-state index is 12.5. The minimum absolute atomic E-state index is 0.0107. The number of carbonyl (C=O) groups is 1. The molecule has 2 heterocycles. The Morgan fingerprint density at radius 1 is 1.26 bits per heavy atom. The number of nitro benzene ring substituents is 1. The standard InChI is InChI=1S/C23H24N2O6/c1-5-30-20(26)14-24-18-9-7-6-8-17(18)22(2,3)23(24)11-10-15-12-16(25(27)28)13-19(29-4)21(15)31-23/h6-13H,5,14H2,1-4H3/t23-/m1/s1. The lowest BCUT2D eigenvalue weighted by molar-refractivity contribution is -0.385. The predicted octanol–water partition coefficient (Wildman–Crippen LogP) is 4.07. The quantitative estimate of drug-likeness (QED) is 0.406. The number of carbonyl (C=O) groups excluding carboxylic acids is 1. The highest BCUT2D eigenvalue weighted by atomic mass is 16.6. The van der Waals surface area contributed by atoms with E-state index >= 15 is 0 Å². The van der Waals surface area contributed by atoms with Crippen molar-refractivity contribution >= 4 is 23.4 Å². The van der Waals surface area contributed by atoms with Crippen LogP contribution < -0.4 is 14.4 Å². The number of esters is 1. The molecule has 1 spiro atoms. The zero-order chi connectivity index (χ0) is 22.4. The molecule has 31 heavy (non-hydrogen) atoms. The van der Waals surface area contributed by atoms with Gasteiger partial charge in [-0.25, -0.2) is 0 Å². The topological polar surface area (TPSA) is 91.1 Å². The summed E-state index contributed by atoms with van der Waals surface area (Å²) >= 11 is 0. The van der Waals surface area contributed by atoms with Gasteiger partial charge in [0.15, 0.2) is 11.5 Å². The Kier molecular flexibility index (Phi) is 4.88. The molecule has 8 nitrogen and oxygen atoms in total. The fraction of sp³-hybridized carbons (Fsp3) is 0.348. The van der Waals surface area contributed by atoms with Crippen LogP contribution in [0.15, 0.2) is 42.5 Å². The molecule has 2 aliphatic heterocycles. The van der Waals surface area contributed by atoms with Crippen molar-refractivity contribution in [3.63, 3.8) is 0 Å². The van der Waals surface area contributed by atoms with E-state index in [-0.39, 0.29) is 30.6 Å². The summed E-state index contributed by atoms with van der Waals surface area (Å²) in [6.45, 7) is 6.12. The van der Waals surface area contributed by atoms with Crippen LogP contribution >= 0.6 is 0 Å². The molecule has 2 aliphatic rings. The van der Waals surface area contributed by atoms with Crippen LogP contribution in [-0.2, 0) is 14.9 Å². The van der Waals surface area contributed by atoms with Crippen molar-refractivity contribution in [1.29, 1.82) is 0 Å². The summed E-state index contributed by atoms with van der Waals surface area (Å²) in [5.74, 6) is 0.286. The Morgan fingerprint density at radius 2 is 2.00 bits per heavy atom. The van der Waals surface area contributed by atoms with E-state index in [0.717, 1.165) is 11.3 Å². The highest BCUT2D eigenvalue weighted by Crippen LogP contribution is 2.56. The summed E-state index contributed by atoms with van der Waals surface area (Å²) in [5.41, 5.74) is 0.733. The number of nitro groups is 1. The third-order valence-electron chi connectivity index (χ3n) is 6.00. The Hall–Kier alpha value is -3.55. The fourth-order valence-corrected chi connectivity index (χ4v) is 4.46. The van der Waals surface area contributed by atoms with Crippen LogP contribution in [0.1, 0.15) is 31.9 Å². The molecule has 0 N–H and O–H groups in total. The number of methoxy groups -OCH3 is 1. The molecule has 2 aromatic rings. The molecule has 0 aromatic heterocycles. The largest absolute Gasteiger partial charge is 0.493 e. The third-order valence-corrected chi connectivity index (χ3v) is 6.00. The van der Waals surface area contributed by atoms with E-state index < -0.39 is 16.1 Å². The minimum Gasteiger partial charge on any atom is -0.493 e. The molecule has 0 radical (unpaired) electrons. The highest BCUT2D eigenvalue weighted by Gasteiger charge is 2.59. The van der Waals surface area contributed by atoms with Gasteiger partial charge in [0, 0.05) is 17.3 Å². The first-order valence-corrected chi connectivity index (χ1v) is 10.0. The highest BCUT2D eigenvalue weighted by molar-refractivity contribution is 5.82. The molecular formula is C23H24N2O6. The Labute approximate surface area is 180 Å². The van der Waals surface area contributed by atoms with Gasteiger partial charge >= 0.3 is 5.97 Å². The minimum atomic E-state index is -1.06. The summed E-state index contributed by atoms with van der Waals surface area (Å²) in [6.07, 6.45) is 3.65. The second-order valence-electron chi connectivity index (χ2n) is 7.99. The zero-order valence-electron chi connectivity index (χ0n) is 17.9. The molecule has 162 valence electrons. The van der Waals surface area contributed by atoms with Crippen LogP contribution in [0, 0.1) is 10.1 Å². The first kappa shape index (κ1) is 20.7. The van der Waals surface area contributed by atoms with Gasteiger partial charge in [-0.2, -0.15) is 0 Å². The molecule has 8 heteroatoms. The molecule has 1 atom stereocenters. The molecule has 0 amide bonds. The Morgan fingerprint density at radius 3 is 2.68 bits per heavy atom. The van der Waals surface area contributed by atoms with E-state index in [9.17, 15) is 14.9 Å². The number of ether oxygens (including phenoxy) is 3. The van der Waals surface area contributed by atoms with E-state index in [2.05, 4.69) is 0 Å². The van der Waals surface area contributed by atoms with E-state index in [1.807, 2.05) is 49.1 Å². The number of para-hydroxylation sites is 1. The number of fused-ring (bicyclic) bond motifs is 2. The van der Waals surface area contributed by atoms with Crippen molar-refractivity contribution in [2.24, 2.45) is 0 Å². The van der Waals surface area contributed by atoms with Gasteiger partial charge in [-0.3, -0.25) is 14.9 Å². The maximum Gasteiger partial charge on any atom is 0.325 e. The SMILES string of the molecule is CCOC(=O)CN1c2ccccc2C(C)(C)[C@]12C=Cc1cc([N+](=O)[O-])cc(OC)c1O2. The van der Waals surface area contributed by atoms with Gasteiger partial charge < -0.3 is 19.1 Å². The van der Waals surface area contributed by atoms with Gasteiger partial charge in [-0.15, -0.1) is 0 Å². The molecular weight excluding hydrogens is 400 g/mol. The van der Waals surface area contributed by atoms with Crippen molar-refractivity contribution < 1.29 is 23.9 Å². The van der Waals surface area contributed by atoms with Crippen LogP contribution in [0.4, 0.5) is 11.4 Å². The van der Waals surface area contributed by atoms with Crippen LogP contribution in [0.5, 0.6) is 11.5 Å². The predicted molar refractivity (Wildman–Crippen MR) is 115 cm³/mol. The number of nitrogens with zero attached hydrogens (tertiary/aromatic N) is 2. The van der Waals surface area contributed by atoms with Gasteiger partial charge in [0.2, 0.25) is 5.72 Å². The van der Waals surface area contributed by atoms with Crippen molar-refractivity contribution in [3.8, 4) is 11.5 Å². The van der Waals surface area contributed by atoms with Crippen LogP contribution in [0.25, 0.3) is 6.08 Å². The van der Waals surface area contributed by atoms with Gasteiger partial charge in [0.05, 0.1) is 30.1 Å². The first-order chi connectivity index (χ1) is 14.7. The number of anilines is 1.